The Hall–Kier alpha value is -3.68. The molecule has 2 heterocycles. The van der Waals surface area contributed by atoms with Crippen molar-refractivity contribution in [2.45, 2.75) is 26.0 Å². The molecule has 0 saturated heterocycles. The number of hydrogen-bond acceptors (Lipinski definition) is 6. The number of carbonyl (C=O) groups is 2. The van der Waals surface area contributed by atoms with E-state index in [0.717, 1.165) is 22.4 Å². The molecular formula is C21H19N3O5. The molecule has 148 valence electrons. The number of anilines is 1. The first-order chi connectivity index (χ1) is 14.0. The highest BCUT2D eigenvalue weighted by atomic mass is 16.5. The molecule has 1 aromatic heterocycles. The number of carbonyl (C=O) groups excluding carboxylic acids is 2. The molecule has 0 bridgehead atoms. The summed E-state index contributed by atoms with van der Waals surface area (Å²) in [5, 5.41) is 4.02. The van der Waals surface area contributed by atoms with Crippen LogP contribution in [0.25, 0.3) is 11.5 Å². The van der Waals surface area contributed by atoms with Crippen molar-refractivity contribution in [3.63, 3.8) is 0 Å². The second-order valence-corrected chi connectivity index (χ2v) is 6.70. The van der Waals surface area contributed by atoms with Gasteiger partial charge in [-0.2, -0.15) is 4.68 Å². The van der Waals surface area contributed by atoms with Gasteiger partial charge in [0.1, 0.15) is 6.54 Å². The van der Waals surface area contributed by atoms with Gasteiger partial charge in [-0.05, 0) is 37.1 Å². The molecule has 3 aromatic rings. The lowest BCUT2D eigenvalue weighted by Gasteiger charge is -2.21. The third kappa shape index (κ3) is 3.82. The molecule has 1 amide bonds. The van der Waals surface area contributed by atoms with E-state index in [9.17, 15) is 14.4 Å². The van der Waals surface area contributed by atoms with Crippen LogP contribution in [0.1, 0.15) is 12.5 Å². The Bertz CT molecular complexity index is 1100. The van der Waals surface area contributed by atoms with Crippen molar-refractivity contribution in [3.8, 4) is 11.5 Å². The second-order valence-electron chi connectivity index (χ2n) is 6.70. The van der Waals surface area contributed by atoms with Gasteiger partial charge >= 0.3 is 11.7 Å². The van der Waals surface area contributed by atoms with Crippen LogP contribution < -0.4 is 10.7 Å². The summed E-state index contributed by atoms with van der Waals surface area (Å²) in [7, 11) is 0. The van der Waals surface area contributed by atoms with E-state index in [2.05, 4.69) is 5.10 Å². The molecule has 8 nitrogen and oxygen atoms in total. The van der Waals surface area contributed by atoms with Gasteiger partial charge in [0.2, 0.25) is 5.89 Å². The maximum absolute atomic E-state index is 12.7. The van der Waals surface area contributed by atoms with Gasteiger partial charge < -0.3 is 14.1 Å². The van der Waals surface area contributed by atoms with Crippen LogP contribution in [0.2, 0.25) is 0 Å². The SMILES string of the molecule is C[C@@H](OC(=O)Cn1nc(-c2ccccc2)oc1=O)C(=O)N1CCc2ccccc21. The lowest BCUT2D eigenvalue weighted by Crippen LogP contribution is -2.39. The third-order valence-corrected chi connectivity index (χ3v) is 4.72. The van der Waals surface area contributed by atoms with Crippen molar-refractivity contribution in [2.75, 3.05) is 11.4 Å². The van der Waals surface area contributed by atoms with Gasteiger partial charge in [0.05, 0.1) is 0 Å². The maximum atomic E-state index is 12.7. The first-order valence-electron chi connectivity index (χ1n) is 9.25. The number of fused-ring (bicyclic) bond motifs is 1. The van der Waals surface area contributed by atoms with Crippen LogP contribution in [0.5, 0.6) is 0 Å². The van der Waals surface area contributed by atoms with Crippen molar-refractivity contribution in [3.05, 3.63) is 70.7 Å². The van der Waals surface area contributed by atoms with Crippen LogP contribution >= 0.6 is 0 Å². The normalized spacial score (nSPS) is 13.8. The molecule has 0 N–H and O–H groups in total. The molecule has 1 aliphatic rings. The third-order valence-electron chi connectivity index (χ3n) is 4.72. The monoisotopic (exact) mass is 393 g/mol. The number of esters is 1. The minimum atomic E-state index is -0.982. The summed E-state index contributed by atoms with van der Waals surface area (Å²) in [6.45, 7) is 1.62. The summed E-state index contributed by atoms with van der Waals surface area (Å²) < 4.78 is 11.2. The fourth-order valence-corrected chi connectivity index (χ4v) is 3.30. The molecule has 1 atom stereocenters. The average molecular weight is 393 g/mol. The molecule has 0 unspecified atom stereocenters. The number of amides is 1. The predicted molar refractivity (Wildman–Crippen MR) is 104 cm³/mol. The molecule has 29 heavy (non-hydrogen) atoms. The van der Waals surface area contributed by atoms with Gasteiger partial charge in [-0.1, -0.05) is 36.4 Å². The van der Waals surface area contributed by atoms with Gasteiger partial charge in [-0.15, -0.1) is 5.10 Å². The van der Waals surface area contributed by atoms with E-state index in [1.54, 1.807) is 29.2 Å². The molecule has 0 saturated carbocycles. The standard InChI is InChI=1S/C21H19N3O5/c1-14(20(26)23-12-11-15-7-5-6-10-17(15)23)28-18(25)13-24-21(27)29-19(22-24)16-8-3-2-4-9-16/h2-10,14H,11-13H2,1H3/t14-/m1/s1. The lowest BCUT2D eigenvalue weighted by molar-refractivity contribution is -0.154. The highest BCUT2D eigenvalue weighted by molar-refractivity contribution is 5.99. The predicted octanol–water partition coefficient (Wildman–Crippen LogP) is 2.02. The van der Waals surface area contributed by atoms with Crippen molar-refractivity contribution in [1.82, 2.24) is 9.78 Å². The Labute approximate surface area is 166 Å². The smallest absolute Gasteiger partial charge is 0.437 e. The summed E-state index contributed by atoms with van der Waals surface area (Å²) >= 11 is 0. The summed E-state index contributed by atoms with van der Waals surface area (Å²) in [5.41, 5.74) is 2.54. The second kappa shape index (κ2) is 7.75. The zero-order chi connectivity index (χ0) is 20.4. The Kier molecular flexibility index (Phi) is 4.99. The number of ether oxygens (including phenoxy) is 1. The topological polar surface area (TPSA) is 94.6 Å². The molecular weight excluding hydrogens is 374 g/mol. The quantitative estimate of drug-likeness (QED) is 0.616. The van der Waals surface area contributed by atoms with E-state index in [4.69, 9.17) is 9.15 Å². The number of hydrogen-bond donors (Lipinski definition) is 0. The van der Waals surface area contributed by atoms with E-state index in [0.29, 0.717) is 12.1 Å². The molecule has 0 radical (unpaired) electrons. The Balaban J connectivity index is 1.41. The van der Waals surface area contributed by atoms with Crippen LogP contribution in [-0.2, 0) is 27.3 Å². The molecule has 0 aliphatic carbocycles. The van der Waals surface area contributed by atoms with Crippen molar-refractivity contribution in [2.24, 2.45) is 0 Å². The zero-order valence-electron chi connectivity index (χ0n) is 15.8. The molecule has 8 heteroatoms. The average Bonchev–Trinajstić information content (AvgIpc) is 3.32. The Morgan fingerprint density at radius 1 is 1.14 bits per heavy atom. The first kappa shape index (κ1) is 18.7. The van der Waals surface area contributed by atoms with E-state index in [1.165, 1.54) is 6.92 Å². The van der Waals surface area contributed by atoms with Gasteiger partial charge in [0, 0.05) is 17.8 Å². The highest BCUT2D eigenvalue weighted by Crippen LogP contribution is 2.28. The van der Waals surface area contributed by atoms with Crippen LogP contribution in [0.3, 0.4) is 0 Å². The largest absolute Gasteiger partial charge is 0.451 e. The lowest BCUT2D eigenvalue weighted by atomic mass is 10.2. The van der Waals surface area contributed by atoms with Crippen LogP contribution in [0, 0.1) is 0 Å². The fraction of sp³-hybridized carbons (Fsp3) is 0.238. The first-order valence-corrected chi connectivity index (χ1v) is 9.25. The Morgan fingerprint density at radius 3 is 2.66 bits per heavy atom. The van der Waals surface area contributed by atoms with E-state index in [-0.39, 0.29) is 11.8 Å². The fourth-order valence-electron chi connectivity index (χ4n) is 3.30. The summed E-state index contributed by atoms with van der Waals surface area (Å²) in [6, 6.07) is 16.5. The Morgan fingerprint density at radius 2 is 1.86 bits per heavy atom. The van der Waals surface area contributed by atoms with E-state index in [1.807, 2.05) is 30.3 Å². The van der Waals surface area contributed by atoms with Crippen LogP contribution in [-0.4, -0.2) is 34.3 Å². The molecule has 4 rings (SSSR count). The van der Waals surface area contributed by atoms with Gasteiger partial charge in [0.25, 0.3) is 5.91 Å². The van der Waals surface area contributed by atoms with Crippen LogP contribution in [0.15, 0.2) is 63.8 Å². The van der Waals surface area contributed by atoms with E-state index >= 15 is 0 Å². The summed E-state index contributed by atoms with van der Waals surface area (Å²) in [6.07, 6.45) is -0.219. The molecule has 2 aromatic carbocycles. The summed E-state index contributed by atoms with van der Waals surface area (Å²) in [5.74, 6) is -1.71. The molecule has 0 spiro atoms. The molecule has 0 fully saturated rings. The number of benzene rings is 2. The highest BCUT2D eigenvalue weighted by Gasteiger charge is 2.30. The number of para-hydroxylation sites is 1. The summed E-state index contributed by atoms with van der Waals surface area (Å²) in [4.78, 5) is 38.5. The number of aromatic nitrogens is 2. The minimum absolute atomic E-state index is 0.112. The van der Waals surface area contributed by atoms with E-state index < -0.39 is 24.4 Å². The zero-order valence-corrected chi connectivity index (χ0v) is 15.8. The van der Waals surface area contributed by atoms with Crippen molar-refractivity contribution >= 4 is 17.6 Å². The van der Waals surface area contributed by atoms with Gasteiger partial charge in [-0.25, -0.2) is 4.79 Å². The van der Waals surface area contributed by atoms with Crippen molar-refractivity contribution in [1.29, 1.82) is 0 Å². The number of nitrogens with zero attached hydrogens (tertiary/aromatic N) is 3. The van der Waals surface area contributed by atoms with Crippen LogP contribution in [0.4, 0.5) is 5.69 Å². The minimum Gasteiger partial charge on any atom is -0.451 e. The van der Waals surface area contributed by atoms with Gasteiger partial charge in [-0.3, -0.25) is 9.59 Å². The van der Waals surface area contributed by atoms with Gasteiger partial charge in [0.15, 0.2) is 6.10 Å². The molecule has 1 aliphatic heterocycles. The van der Waals surface area contributed by atoms with Crippen molar-refractivity contribution < 1.29 is 18.7 Å². The maximum Gasteiger partial charge on any atom is 0.437 e. The number of rotatable bonds is 5.